The van der Waals surface area contributed by atoms with Gasteiger partial charge in [-0.05, 0) is 25.0 Å². The van der Waals surface area contributed by atoms with Gasteiger partial charge >= 0.3 is 0 Å². The van der Waals surface area contributed by atoms with E-state index in [0.717, 1.165) is 32.6 Å². The minimum atomic E-state index is -0.451. The van der Waals surface area contributed by atoms with Gasteiger partial charge in [-0.2, -0.15) is 0 Å². The fourth-order valence-corrected chi connectivity index (χ4v) is 3.19. The van der Waals surface area contributed by atoms with E-state index in [9.17, 15) is 4.79 Å². The van der Waals surface area contributed by atoms with Gasteiger partial charge < -0.3 is 15.1 Å². The Balaban J connectivity index is 1.63. The van der Waals surface area contributed by atoms with Crippen molar-refractivity contribution in [2.45, 2.75) is 33.2 Å². The molecule has 2 N–H and O–H groups in total. The zero-order valence-corrected chi connectivity index (χ0v) is 15.6. The Bertz CT molecular complexity index is 752. The number of pyridine rings is 1. The second-order valence-corrected chi connectivity index (χ2v) is 7.07. The summed E-state index contributed by atoms with van der Waals surface area (Å²) in [6, 6.07) is 3.51. The molecule has 0 spiro atoms. The zero-order chi connectivity index (χ0) is 18.7. The fourth-order valence-electron chi connectivity index (χ4n) is 3.19. The molecule has 3 rings (SSSR count). The molecule has 3 heterocycles. The van der Waals surface area contributed by atoms with E-state index in [4.69, 9.17) is 10.2 Å². The van der Waals surface area contributed by atoms with Gasteiger partial charge in [-0.1, -0.05) is 13.8 Å². The molecule has 1 aliphatic rings. The Morgan fingerprint density at radius 2 is 1.96 bits per heavy atom. The van der Waals surface area contributed by atoms with E-state index in [1.165, 1.54) is 0 Å². The number of hydrogen-bond acceptors (Lipinski definition) is 7. The van der Waals surface area contributed by atoms with Crippen molar-refractivity contribution in [3.8, 4) is 0 Å². The second-order valence-electron chi connectivity index (χ2n) is 7.07. The van der Waals surface area contributed by atoms with Gasteiger partial charge in [0.2, 0.25) is 11.8 Å². The van der Waals surface area contributed by atoms with Gasteiger partial charge in [0, 0.05) is 38.8 Å². The van der Waals surface area contributed by atoms with Crippen LogP contribution >= 0.6 is 0 Å². The molecule has 2 aromatic rings. The number of primary amides is 1. The van der Waals surface area contributed by atoms with Gasteiger partial charge in [-0.25, -0.2) is 4.98 Å². The van der Waals surface area contributed by atoms with Crippen molar-refractivity contribution in [3.63, 3.8) is 0 Å². The zero-order valence-electron chi connectivity index (χ0n) is 15.6. The molecule has 0 radical (unpaired) electrons. The van der Waals surface area contributed by atoms with Crippen LogP contribution in [0.25, 0.3) is 0 Å². The molecular formula is C18H26N6O2. The molecule has 0 aromatic carbocycles. The van der Waals surface area contributed by atoms with Gasteiger partial charge in [-0.15, -0.1) is 10.2 Å². The summed E-state index contributed by atoms with van der Waals surface area (Å²) in [7, 11) is 0. The lowest BCUT2D eigenvalue weighted by Gasteiger charge is -2.37. The lowest BCUT2D eigenvalue weighted by Crippen LogP contribution is -2.48. The summed E-state index contributed by atoms with van der Waals surface area (Å²) < 4.78 is 5.82. The van der Waals surface area contributed by atoms with Crippen molar-refractivity contribution >= 4 is 11.7 Å². The summed E-state index contributed by atoms with van der Waals surface area (Å²) in [5.41, 5.74) is 5.93. The first kappa shape index (κ1) is 18.3. The van der Waals surface area contributed by atoms with Crippen molar-refractivity contribution < 1.29 is 9.21 Å². The number of rotatable bonds is 6. The van der Waals surface area contributed by atoms with E-state index in [-0.39, 0.29) is 6.04 Å². The number of amides is 1. The van der Waals surface area contributed by atoms with Crippen LogP contribution < -0.4 is 10.6 Å². The number of piperazine rings is 1. The maximum absolute atomic E-state index is 11.6. The molecule has 1 saturated heterocycles. The first-order valence-corrected chi connectivity index (χ1v) is 9.01. The number of nitrogens with zero attached hydrogens (tertiary/aromatic N) is 5. The highest BCUT2D eigenvalue weighted by Gasteiger charge is 2.27. The fraction of sp³-hybridized carbons (Fsp3) is 0.556. The number of carbonyl (C=O) groups excluding carboxylic acids is 1. The van der Waals surface area contributed by atoms with Crippen LogP contribution in [0.2, 0.25) is 0 Å². The molecule has 0 bridgehead atoms. The van der Waals surface area contributed by atoms with Crippen LogP contribution in [-0.2, 0) is 6.42 Å². The number of aromatic nitrogens is 3. The third-order valence-corrected chi connectivity index (χ3v) is 4.64. The molecule has 2 aromatic heterocycles. The van der Waals surface area contributed by atoms with Crippen molar-refractivity contribution in [1.29, 1.82) is 0 Å². The van der Waals surface area contributed by atoms with Crippen molar-refractivity contribution in [1.82, 2.24) is 20.1 Å². The van der Waals surface area contributed by atoms with Crippen molar-refractivity contribution in [2.24, 2.45) is 11.7 Å². The molecule has 0 saturated carbocycles. The highest BCUT2D eigenvalue weighted by atomic mass is 16.4. The average molecular weight is 358 g/mol. The average Bonchev–Trinajstić information content (AvgIpc) is 3.09. The van der Waals surface area contributed by atoms with E-state index in [1.807, 2.05) is 0 Å². The molecule has 0 unspecified atom stereocenters. The van der Waals surface area contributed by atoms with Crippen LogP contribution in [0.5, 0.6) is 0 Å². The first-order chi connectivity index (χ1) is 12.5. The lowest BCUT2D eigenvalue weighted by molar-refractivity contribution is 0.1000. The molecule has 140 valence electrons. The molecule has 1 aliphatic heterocycles. The van der Waals surface area contributed by atoms with Gasteiger partial charge in [0.25, 0.3) is 5.91 Å². The van der Waals surface area contributed by atoms with E-state index in [1.54, 1.807) is 18.3 Å². The molecule has 0 aliphatic carbocycles. The van der Waals surface area contributed by atoms with Gasteiger partial charge in [-0.3, -0.25) is 9.69 Å². The summed E-state index contributed by atoms with van der Waals surface area (Å²) in [5.74, 6) is 2.04. The van der Waals surface area contributed by atoms with Gasteiger partial charge in [0.15, 0.2) is 0 Å². The SMILES string of the molecule is CC(C)Cc1nnc([C@@H](C)N2CCN(c3ncccc3C(N)=O)CC2)o1. The molecule has 8 nitrogen and oxygen atoms in total. The van der Waals surface area contributed by atoms with E-state index in [2.05, 4.69) is 45.8 Å². The smallest absolute Gasteiger partial charge is 0.252 e. The Morgan fingerprint density at radius 1 is 1.23 bits per heavy atom. The molecule has 8 heteroatoms. The third-order valence-electron chi connectivity index (χ3n) is 4.64. The summed E-state index contributed by atoms with van der Waals surface area (Å²) in [4.78, 5) is 20.4. The first-order valence-electron chi connectivity index (χ1n) is 9.01. The summed E-state index contributed by atoms with van der Waals surface area (Å²) >= 11 is 0. The van der Waals surface area contributed by atoms with Gasteiger partial charge in [0.1, 0.15) is 5.82 Å². The summed E-state index contributed by atoms with van der Waals surface area (Å²) in [6.45, 7) is 9.49. The Morgan fingerprint density at radius 3 is 2.62 bits per heavy atom. The van der Waals surface area contributed by atoms with Crippen LogP contribution in [0, 0.1) is 5.92 Å². The minimum absolute atomic E-state index is 0.0601. The molecule has 1 fully saturated rings. The Kier molecular flexibility index (Phi) is 5.51. The summed E-state index contributed by atoms with van der Waals surface area (Å²) in [6.07, 6.45) is 2.48. The normalized spacial score (nSPS) is 16.8. The number of nitrogens with two attached hydrogens (primary N) is 1. The minimum Gasteiger partial charge on any atom is -0.424 e. The number of carbonyl (C=O) groups is 1. The van der Waals surface area contributed by atoms with Crippen molar-refractivity contribution in [3.05, 3.63) is 35.7 Å². The monoisotopic (exact) mass is 358 g/mol. The predicted molar refractivity (Wildman–Crippen MR) is 97.8 cm³/mol. The van der Waals surface area contributed by atoms with Gasteiger partial charge in [0.05, 0.1) is 11.6 Å². The third kappa shape index (κ3) is 4.01. The second kappa shape index (κ2) is 7.82. The van der Waals surface area contributed by atoms with Crippen LogP contribution in [0.1, 0.15) is 49.0 Å². The molecule has 1 atom stereocenters. The quantitative estimate of drug-likeness (QED) is 0.837. The molecule has 26 heavy (non-hydrogen) atoms. The van der Waals surface area contributed by atoms with E-state index < -0.39 is 5.91 Å². The van der Waals surface area contributed by atoms with Crippen LogP contribution in [-0.4, -0.2) is 52.2 Å². The number of hydrogen-bond donors (Lipinski definition) is 1. The largest absolute Gasteiger partial charge is 0.424 e. The lowest BCUT2D eigenvalue weighted by atomic mass is 10.1. The highest BCUT2D eigenvalue weighted by molar-refractivity contribution is 5.97. The summed E-state index contributed by atoms with van der Waals surface area (Å²) in [5, 5.41) is 8.36. The Hall–Kier alpha value is -2.48. The standard InChI is InChI=1S/C18H26N6O2/c1-12(2)11-15-21-22-18(26-15)13(3)23-7-9-24(10-8-23)17-14(16(19)25)5-4-6-20-17/h4-6,12-13H,7-11H2,1-3H3,(H2,19,25)/t13-/m1/s1. The highest BCUT2D eigenvalue weighted by Crippen LogP contribution is 2.24. The van der Waals surface area contributed by atoms with Crippen molar-refractivity contribution in [2.75, 3.05) is 31.1 Å². The van der Waals surface area contributed by atoms with Crippen LogP contribution in [0.15, 0.2) is 22.7 Å². The maximum Gasteiger partial charge on any atom is 0.252 e. The van der Waals surface area contributed by atoms with Crippen LogP contribution in [0.3, 0.4) is 0 Å². The number of anilines is 1. The van der Waals surface area contributed by atoms with E-state index in [0.29, 0.717) is 29.1 Å². The predicted octanol–water partition coefficient (Wildman–Crippen LogP) is 1.65. The van der Waals surface area contributed by atoms with Crippen LogP contribution in [0.4, 0.5) is 5.82 Å². The Labute approximate surface area is 153 Å². The molecule has 1 amide bonds. The van der Waals surface area contributed by atoms with E-state index >= 15 is 0 Å². The maximum atomic E-state index is 11.6. The molecular weight excluding hydrogens is 332 g/mol. The topological polar surface area (TPSA) is 101 Å².